The van der Waals surface area contributed by atoms with Gasteiger partial charge in [-0.15, -0.1) is 0 Å². The van der Waals surface area contributed by atoms with Crippen molar-refractivity contribution in [1.29, 1.82) is 0 Å². The van der Waals surface area contributed by atoms with Crippen molar-refractivity contribution < 1.29 is 17.9 Å². The minimum absolute atomic E-state index is 0.00762. The molecule has 0 amide bonds. The van der Waals surface area contributed by atoms with E-state index in [1.807, 2.05) is 0 Å². The van der Waals surface area contributed by atoms with Crippen LogP contribution in [0.25, 0.3) is 0 Å². The SMILES string of the molecule is COc1cccc(NS(=O)(=O)c2ccc(Cl)c(Cl)c2)c1OC. The van der Waals surface area contributed by atoms with Gasteiger partial charge in [0.2, 0.25) is 0 Å². The summed E-state index contributed by atoms with van der Waals surface area (Å²) in [4.78, 5) is -0.00762. The Balaban J connectivity index is 2.43. The van der Waals surface area contributed by atoms with Gasteiger partial charge < -0.3 is 9.47 Å². The van der Waals surface area contributed by atoms with Crippen LogP contribution in [0.4, 0.5) is 5.69 Å². The molecule has 0 atom stereocenters. The molecule has 0 heterocycles. The maximum Gasteiger partial charge on any atom is 0.262 e. The maximum absolute atomic E-state index is 12.4. The van der Waals surface area contributed by atoms with Crippen LogP contribution in [-0.4, -0.2) is 22.6 Å². The molecule has 1 N–H and O–H groups in total. The van der Waals surface area contributed by atoms with E-state index >= 15 is 0 Å². The van der Waals surface area contributed by atoms with Gasteiger partial charge in [0.15, 0.2) is 11.5 Å². The van der Waals surface area contributed by atoms with E-state index in [1.165, 1.54) is 32.4 Å². The van der Waals surface area contributed by atoms with Crippen molar-refractivity contribution >= 4 is 38.9 Å². The monoisotopic (exact) mass is 361 g/mol. The van der Waals surface area contributed by atoms with Crippen LogP contribution in [0, 0.1) is 0 Å². The predicted octanol–water partition coefficient (Wildman–Crippen LogP) is 3.81. The standard InChI is InChI=1S/C14H13Cl2NO4S/c1-20-13-5-3-4-12(14(13)21-2)17-22(18,19)9-6-7-10(15)11(16)8-9/h3-8,17H,1-2H3. The van der Waals surface area contributed by atoms with Gasteiger partial charge in [0.25, 0.3) is 10.0 Å². The molecule has 0 spiro atoms. The second kappa shape index (κ2) is 6.64. The third-order valence-corrected chi connectivity index (χ3v) is 4.95. The highest BCUT2D eigenvalue weighted by Gasteiger charge is 2.19. The van der Waals surface area contributed by atoms with Crippen molar-refractivity contribution in [2.24, 2.45) is 0 Å². The molecule has 118 valence electrons. The van der Waals surface area contributed by atoms with E-state index in [2.05, 4.69) is 4.72 Å². The number of rotatable bonds is 5. The molecule has 0 aliphatic rings. The fourth-order valence-corrected chi connectivity index (χ4v) is 3.27. The topological polar surface area (TPSA) is 64.6 Å². The Hall–Kier alpha value is -1.63. The van der Waals surface area contributed by atoms with Gasteiger partial charge in [-0.05, 0) is 30.3 Å². The van der Waals surface area contributed by atoms with Gasteiger partial charge >= 0.3 is 0 Å². The molecule has 5 nitrogen and oxygen atoms in total. The van der Waals surface area contributed by atoms with E-state index in [0.29, 0.717) is 5.75 Å². The Morgan fingerprint density at radius 2 is 1.73 bits per heavy atom. The molecular weight excluding hydrogens is 349 g/mol. The lowest BCUT2D eigenvalue weighted by Crippen LogP contribution is -2.13. The summed E-state index contributed by atoms with van der Waals surface area (Å²) in [6, 6.07) is 8.93. The van der Waals surface area contributed by atoms with Crippen LogP contribution < -0.4 is 14.2 Å². The molecule has 0 bridgehead atoms. The number of para-hydroxylation sites is 1. The number of halogens is 2. The Bertz CT molecular complexity index is 793. The summed E-state index contributed by atoms with van der Waals surface area (Å²) < 4.78 is 37.6. The molecule has 0 saturated carbocycles. The number of hydrogen-bond acceptors (Lipinski definition) is 4. The number of methoxy groups -OCH3 is 2. The van der Waals surface area contributed by atoms with Gasteiger partial charge in [-0.25, -0.2) is 8.42 Å². The van der Waals surface area contributed by atoms with E-state index in [9.17, 15) is 8.42 Å². The van der Waals surface area contributed by atoms with Crippen LogP contribution in [0.3, 0.4) is 0 Å². The third-order valence-electron chi connectivity index (χ3n) is 2.85. The van der Waals surface area contributed by atoms with E-state index in [4.69, 9.17) is 32.7 Å². The second-order valence-electron chi connectivity index (χ2n) is 4.22. The number of sulfonamides is 1. The largest absolute Gasteiger partial charge is 0.493 e. The van der Waals surface area contributed by atoms with Crippen LogP contribution in [-0.2, 0) is 10.0 Å². The highest BCUT2D eigenvalue weighted by molar-refractivity contribution is 7.92. The molecule has 8 heteroatoms. The minimum atomic E-state index is -3.84. The molecule has 2 rings (SSSR count). The second-order valence-corrected chi connectivity index (χ2v) is 6.72. The fraction of sp³-hybridized carbons (Fsp3) is 0.143. The van der Waals surface area contributed by atoms with Gasteiger partial charge in [0, 0.05) is 0 Å². The Kier molecular flexibility index (Phi) is 5.05. The fourth-order valence-electron chi connectivity index (χ4n) is 1.82. The average Bonchev–Trinajstić information content (AvgIpc) is 2.49. The smallest absolute Gasteiger partial charge is 0.262 e. The van der Waals surface area contributed by atoms with Gasteiger partial charge in [-0.1, -0.05) is 29.3 Å². The molecule has 0 fully saturated rings. The lowest BCUT2D eigenvalue weighted by atomic mass is 10.3. The van der Waals surface area contributed by atoms with Crippen LogP contribution in [0.15, 0.2) is 41.3 Å². The lowest BCUT2D eigenvalue weighted by molar-refractivity contribution is 0.356. The van der Waals surface area contributed by atoms with E-state index in [0.717, 1.165) is 0 Å². The average molecular weight is 362 g/mol. The Morgan fingerprint density at radius 3 is 2.32 bits per heavy atom. The summed E-state index contributed by atoms with van der Waals surface area (Å²) in [5.74, 6) is 0.700. The zero-order valence-corrected chi connectivity index (χ0v) is 14.1. The first-order chi connectivity index (χ1) is 10.4. The molecule has 2 aromatic rings. The third kappa shape index (κ3) is 3.40. The highest BCUT2D eigenvalue weighted by Crippen LogP contribution is 2.36. The Labute approximate surface area is 138 Å². The summed E-state index contributed by atoms with van der Waals surface area (Å²) in [5, 5.41) is 0.432. The molecule has 0 saturated heterocycles. The summed E-state index contributed by atoms with van der Waals surface area (Å²) in [7, 11) is -0.946. The molecule has 22 heavy (non-hydrogen) atoms. The van der Waals surface area contributed by atoms with Gasteiger partial charge in [0.05, 0.1) is 34.8 Å². The van der Waals surface area contributed by atoms with Gasteiger partial charge in [0.1, 0.15) is 0 Å². The number of anilines is 1. The molecule has 0 unspecified atom stereocenters. The normalized spacial score (nSPS) is 11.1. The molecule has 0 aromatic heterocycles. The van der Waals surface area contributed by atoms with Gasteiger partial charge in [-0.3, -0.25) is 4.72 Å². The van der Waals surface area contributed by atoms with Crippen LogP contribution in [0.5, 0.6) is 11.5 Å². The summed E-state index contributed by atoms with van der Waals surface area (Å²) in [5.41, 5.74) is 0.257. The molecule has 0 radical (unpaired) electrons. The molecule has 0 aliphatic heterocycles. The summed E-state index contributed by atoms with van der Waals surface area (Å²) in [6.45, 7) is 0. The van der Waals surface area contributed by atoms with E-state index in [1.54, 1.807) is 18.2 Å². The van der Waals surface area contributed by atoms with E-state index < -0.39 is 10.0 Å². The van der Waals surface area contributed by atoms with Crippen molar-refractivity contribution in [1.82, 2.24) is 0 Å². The zero-order valence-electron chi connectivity index (χ0n) is 11.8. The maximum atomic E-state index is 12.4. The van der Waals surface area contributed by atoms with E-state index in [-0.39, 0.29) is 26.4 Å². The number of nitrogens with one attached hydrogen (secondary N) is 1. The summed E-state index contributed by atoms with van der Waals surface area (Å²) >= 11 is 11.7. The minimum Gasteiger partial charge on any atom is -0.493 e. The first-order valence-corrected chi connectivity index (χ1v) is 8.32. The molecule has 2 aromatic carbocycles. The van der Waals surface area contributed by atoms with Crippen molar-refractivity contribution in [2.45, 2.75) is 4.90 Å². The van der Waals surface area contributed by atoms with Crippen LogP contribution in [0.1, 0.15) is 0 Å². The zero-order chi connectivity index (χ0) is 16.3. The first-order valence-electron chi connectivity index (χ1n) is 6.08. The quantitative estimate of drug-likeness (QED) is 0.879. The first kappa shape index (κ1) is 16.7. The summed E-state index contributed by atoms with van der Waals surface area (Å²) in [6.07, 6.45) is 0. The van der Waals surface area contributed by atoms with Crippen LogP contribution in [0.2, 0.25) is 10.0 Å². The molecule has 0 aliphatic carbocycles. The number of benzene rings is 2. The predicted molar refractivity (Wildman–Crippen MR) is 86.8 cm³/mol. The van der Waals surface area contributed by atoms with Crippen molar-refractivity contribution in [3.05, 3.63) is 46.4 Å². The highest BCUT2D eigenvalue weighted by atomic mass is 35.5. The number of hydrogen-bond donors (Lipinski definition) is 1. The van der Waals surface area contributed by atoms with Crippen molar-refractivity contribution in [3.8, 4) is 11.5 Å². The van der Waals surface area contributed by atoms with Gasteiger partial charge in [-0.2, -0.15) is 0 Å². The Morgan fingerprint density at radius 1 is 1.00 bits per heavy atom. The molecular formula is C14H13Cl2NO4S. The van der Waals surface area contributed by atoms with Crippen molar-refractivity contribution in [3.63, 3.8) is 0 Å². The van der Waals surface area contributed by atoms with Crippen molar-refractivity contribution in [2.75, 3.05) is 18.9 Å². The lowest BCUT2D eigenvalue weighted by Gasteiger charge is -2.14. The number of ether oxygens (including phenoxy) is 2. The van der Waals surface area contributed by atoms with Crippen LogP contribution >= 0.6 is 23.2 Å².